The molecule has 1 spiro atoms. The Kier molecular flexibility index (Phi) is 6.23. The van der Waals surface area contributed by atoms with Crippen LogP contribution in [0, 0.1) is 29.1 Å². The van der Waals surface area contributed by atoms with Gasteiger partial charge in [-0.25, -0.2) is 0 Å². The Bertz CT molecular complexity index is 1010. The van der Waals surface area contributed by atoms with E-state index in [4.69, 9.17) is 0 Å². The molecule has 5 heteroatoms. The van der Waals surface area contributed by atoms with Crippen LogP contribution >= 0.6 is 0 Å². The highest BCUT2D eigenvalue weighted by Gasteiger charge is 2.64. The summed E-state index contributed by atoms with van der Waals surface area (Å²) < 4.78 is 0. The summed E-state index contributed by atoms with van der Waals surface area (Å²) in [5.74, 6) is -1.23. The van der Waals surface area contributed by atoms with Gasteiger partial charge < -0.3 is 15.5 Å². The summed E-state index contributed by atoms with van der Waals surface area (Å²) in [6.07, 6.45) is 8.84. The molecule has 2 aliphatic carbocycles. The number of amides is 1. The maximum Gasteiger partial charge on any atom is 0.230 e. The molecular weight excluding hydrogens is 414 g/mol. The van der Waals surface area contributed by atoms with Gasteiger partial charge in [0, 0.05) is 23.8 Å². The highest BCUT2D eigenvalue weighted by molar-refractivity contribution is 5.91. The SMILES string of the molecule is CC1=C[C@@H]2C=CC[C@H](C)C(=O)[C@](C)(O)C=C[C@@H](O)C23C(=O)N[C@H](Cc2ccccc2)[C@@H]3[C@H]1C. The molecule has 1 heterocycles. The lowest BCUT2D eigenvalue weighted by Gasteiger charge is -2.47. The van der Waals surface area contributed by atoms with Crippen LogP contribution in [0.3, 0.4) is 0 Å². The van der Waals surface area contributed by atoms with Crippen LogP contribution in [0.5, 0.6) is 0 Å². The molecule has 1 saturated heterocycles. The molecule has 1 unspecified atom stereocenters. The summed E-state index contributed by atoms with van der Waals surface area (Å²) in [7, 11) is 0. The molecule has 33 heavy (non-hydrogen) atoms. The second-order valence-corrected chi connectivity index (χ2v) is 10.3. The fourth-order valence-electron chi connectivity index (χ4n) is 6.20. The molecule has 1 fully saturated rings. The van der Waals surface area contributed by atoms with Crippen molar-refractivity contribution < 1.29 is 19.8 Å². The van der Waals surface area contributed by atoms with Crippen LogP contribution in [0.2, 0.25) is 0 Å². The van der Waals surface area contributed by atoms with E-state index in [1.807, 2.05) is 30.4 Å². The van der Waals surface area contributed by atoms with Crippen molar-refractivity contribution in [2.75, 3.05) is 0 Å². The van der Waals surface area contributed by atoms with Gasteiger partial charge >= 0.3 is 0 Å². The molecule has 0 saturated carbocycles. The second-order valence-electron chi connectivity index (χ2n) is 10.3. The Balaban J connectivity index is 1.84. The monoisotopic (exact) mass is 449 g/mol. The highest BCUT2D eigenvalue weighted by atomic mass is 16.3. The summed E-state index contributed by atoms with van der Waals surface area (Å²) >= 11 is 0. The number of carbonyl (C=O) groups excluding carboxylic acids is 2. The van der Waals surface area contributed by atoms with Crippen LogP contribution in [-0.4, -0.2) is 39.7 Å². The minimum atomic E-state index is -1.70. The van der Waals surface area contributed by atoms with Crippen LogP contribution in [0.15, 0.2) is 66.3 Å². The average Bonchev–Trinajstić information content (AvgIpc) is 3.07. The van der Waals surface area contributed by atoms with Crippen molar-refractivity contribution in [1.29, 1.82) is 0 Å². The molecule has 0 radical (unpaired) electrons. The lowest BCUT2D eigenvalue weighted by atomic mass is 9.54. The van der Waals surface area contributed by atoms with E-state index in [1.165, 1.54) is 24.6 Å². The summed E-state index contributed by atoms with van der Waals surface area (Å²) in [6, 6.07) is 9.94. The largest absolute Gasteiger partial charge is 0.388 e. The first-order valence-corrected chi connectivity index (χ1v) is 11.9. The first-order chi connectivity index (χ1) is 15.6. The molecule has 5 nitrogen and oxygen atoms in total. The third-order valence-corrected chi connectivity index (χ3v) is 8.12. The van der Waals surface area contributed by atoms with Gasteiger partial charge in [-0.15, -0.1) is 0 Å². The summed E-state index contributed by atoms with van der Waals surface area (Å²) in [5, 5.41) is 25.6. The number of Topliss-reactive ketones (excluding diaryl/α,β-unsaturated/α-hetero) is 1. The number of benzene rings is 1. The average molecular weight is 450 g/mol. The molecule has 0 aromatic heterocycles. The summed E-state index contributed by atoms with van der Waals surface area (Å²) in [5.41, 5.74) is -0.486. The van der Waals surface area contributed by atoms with Crippen LogP contribution in [0.25, 0.3) is 0 Å². The van der Waals surface area contributed by atoms with E-state index in [2.05, 4.69) is 37.4 Å². The quantitative estimate of drug-likeness (QED) is 0.604. The highest BCUT2D eigenvalue weighted by Crippen LogP contribution is 2.56. The van der Waals surface area contributed by atoms with Crippen molar-refractivity contribution >= 4 is 11.7 Å². The third-order valence-electron chi connectivity index (χ3n) is 8.12. The maximum atomic E-state index is 13.8. The number of aliphatic hydroxyl groups is 2. The summed E-state index contributed by atoms with van der Waals surface area (Å²) in [6.45, 7) is 7.46. The number of ketones is 1. The van der Waals surface area contributed by atoms with E-state index in [-0.39, 0.29) is 41.4 Å². The van der Waals surface area contributed by atoms with E-state index in [1.54, 1.807) is 6.92 Å². The van der Waals surface area contributed by atoms with Crippen molar-refractivity contribution in [1.82, 2.24) is 5.32 Å². The van der Waals surface area contributed by atoms with Gasteiger partial charge in [0.2, 0.25) is 5.91 Å². The molecular formula is C28H35NO4. The fraction of sp³-hybridized carbons (Fsp3) is 0.500. The number of allylic oxidation sites excluding steroid dienone is 4. The molecule has 3 N–H and O–H groups in total. The molecule has 1 aromatic carbocycles. The van der Waals surface area contributed by atoms with Gasteiger partial charge in [0.25, 0.3) is 0 Å². The zero-order valence-electron chi connectivity index (χ0n) is 19.9. The van der Waals surface area contributed by atoms with Gasteiger partial charge in [-0.2, -0.15) is 0 Å². The third kappa shape index (κ3) is 3.91. The van der Waals surface area contributed by atoms with E-state index >= 15 is 0 Å². The normalized spacial score (nSPS) is 41.0. The Hall–Kier alpha value is -2.50. The zero-order valence-corrected chi connectivity index (χ0v) is 19.9. The van der Waals surface area contributed by atoms with Gasteiger partial charge in [0.15, 0.2) is 5.78 Å². The minimum absolute atomic E-state index is 0.0801. The number of aliphatic hydroxyl groups excluding tert-OH is 1. The molecule has 4 rings (SSSR count). The van der Waals surface area contributed by atoms with Gasteiger partial charge in [-0.05, 0) is 44.2 Å². The Morgan fingerprint density at radius 1 is 1.12 bits per heavy atom. The van der Waals surface area contributed by atoms with Crippen molar-refractivity contribution in [3.05, 3.63) is 71.8 Å². The lowest BCUT2D eigenvalue weighted by Crippen LogP contribution is -2.54. The Labute approximate surface area is 196 Å². The standard InChI is InChI=1S/C28H35NO4/c1-17-9-8-12-21-15-18(2)19(3)24-22(16-20-10-6-5-7-11-20)29-26(32)28(21,24)23(30)13-14-27(4,33)25(17)31/h5-8,10-15,17,19,21-24,30,33H,9,16H2,1-4H3,(H,29,32)/t17-,19-,21-,22+,23+,24-,27+,28?/m0/s1. The van der Waals surface area contributed by atoms with Crippen LogP contribution in [-0.2, 0) is 16.0 Å². The minimum Gasteiger partial charge on any atom is -0.388 e. The second kappa shape index (κ2) is 8.69. The van der Waals surface area contributed by atoms with E-state index < -0.39 is 17.1 Å². The smallest absolute Gasteiger partial charge is 0.230 e. The van der Waals surface area contributed by atoms with Crippen LogP contribution < -0.4 is 5.32 Å². The molecule has 1 aromatic rings. The van der Waals surface area contributed by atoms with Crippen molar-refractivity contribution in [2.24, 2.45) is 29.1 Å². The molecule has 0 bridgehead atoms. The lowest BCUT2D eigenvalue weighted by molar-refractivity contribution is -0.138. The zero-order chi connectivity index (χ0) is 24.0. The van der Waals surface area contributed by atoms with Gasteiger partial charge in [0.05, 0.1) is 11.5 Å². The maximum absolute atomic E-state index is 13.8. The molecule has 176 valence electrons. The summed E-state index contributed by atoms with van der Waals surface area (Å²) in [4.78, 5) is 26.5. The topological polar surface area (TPSA) is 86.6 Å². The molecule has 1 aliphatic heterocycles. The van der Waals surface area contributed by atoms with Crippen LogP contribution in [0.1, 0.15) is 39.7 Å². The fourth-order valence-corrected chi connectivity index (χ4v) is 6.20. The Morgan fingerprint density at radius 2 is 1.82 bits per heavy atom. The first-order valence-electron chi connectivity index (χ1n) is 11.9. The van der Waals surface area contributed by atoms with Gasteiger partial charge in [0.1, 0.15) is 5.60 Å². The van der Waals surface area contributed by atoms with Crippen molar-refractivity contribution in [3.8, 4) is 0 Å². The number of rotatable bonds is 2. The van der Waals surface area contributed by atoms with E-state index in [0.29, 0.717) is 12.8 Å². The molecule has 1 amide bonds. The number of hydrogen-bond acceptors (Lipinski definition) is 4. The predicted octanol–water partition coefficient (Wildman–Crippen LogP) is 3.38. The van der Waals surface area contributed by atoms with E-state index in [9.17, 15) is 19.8 Å². The predicted molar refractivity (Wildman–Crippen MR) is 128 cm³/mol. The first kappa shape index (κ1) is 23.7. The number of carbonyl (C=O) groups is 2. The Morgan fingerprint density at radius 3 is 2.52 bits per heavy atom. The molecule has 3 aliphatic rings. The van der Waals surface area contributed by atoms with Gasteiger partial charge in [-0.3, -0.25) is 9.59 Å². The number of hydrogen-bond donors (Lipinski definition) is 3. The van der Waals surface area contributed by atoms with Crippen molar-refractivity contribution in [3.63, 3.8) is 0 Å². The number of nitrogens with one attached hydrogen (secondary N) is 1. The van der Waals surface area contributed by atoms with Gasteiger partial charge in [-0.1, -0.05) is 74.1 Å². The molecule has 8 atom stereocenters. The van der Waals surface area contributed by atoms with Crippen LogP contribution in [0.4, 0.5) is 0 Å². The van der Waals surface area contributed by atoms with Crippen molar-refractivity contribution in [2.45, 2.75) is 58.3 Å². The van der Waals surface area contributed by atoms with E-state index in [0.717, 1.165) is 5.56 Å².